The Labute approximate surface area is 89.0 Å². The topological polar surface area (TPSA) is 94.8 Å². The summed E-state index contributed by atoms with van der Waals surface area (Å²) in [4.78, 5) is 0. The van der Waals surface area contributed by atoms with Crippen LogP contribution in [0.5, 0.6) is 0 Å². The first kappa shape index (κ1) is 10.2. The van der Waals surface area contributed by atoms with Crippen LogP contribution >= 0.6 is 0 Å². The highest BCUT2D eigenvalue weighted by Crippen LogP contribution is 2.27. The molecule has 5 N–H and O–H groups in total. The van der Waals surface area contributed by atoms with E-state index >= 15 is 0 Å². The van der Waals surface area contributed by atoms with Gasteiger partial charge in [-0.2, -0.15) is 0 Å². The van der Waals surface area contributed by atoms with Crippen LogP contribution in [0.1, 0.15) is 38.1 Å². The molecule has 1 aliphatic rings. The van der Waals surface area contributed by atoms with Gasteiger partial charge < -0.3 is 16.9 Å². The number of hydrogen-bond acceptors (Lipinski definition) is 5. The van der Waals surface area contributed by atoms with Gasteiger partial charge in [0.2, 0.25) is 5.95 Å². The second-order valence-electron chi connectivity index (χ2n) is 4.09. The van der Waals surface area contributed by atoms with E-state index in [1.807, 2.05) is 0 Å². The molecule has 6 heteroatoms. The average Bonchev–Trinajstić information content (AvgIpc) is 2.60. The van der Waals surface area contributed by atoms with Gasteiger partial charge in [0.25, 0.3) is 0 Å². The molecule has 1 saturated heterocycles. The molecule has 1 aliphatic heterocycles. The lowest BCUT2D eigenvalue weighted by Gasteiger charge is -2.28. The Morgan fingerprint density at radius 3 is 2.93 bits per heavy atom. The van der Waals surface area contributed by atoms with Crippen LogP contribution in [0.15, 0.2) is 0 Å². The van der Waals surface area contributed by atoms with E-state index in [0.29, 0.717) is 0 Å². The van der Waals surface area contributed by atoms with Crippen LogP contribution in [0.25, 0.3) is 0 Å². The zero-order valence-electron chi connectivity index (χ0n) is 8.98. The normalized spacial score (nSPS) is 26.7. The summed E-state index contributed by atoms with van der Waals surface area (Å²) < 4.78 is 1.37. The molecule has 0 aromatic carbocycles. The minimum atomic E-state index is 0.193. The molecular weight excluding hydrogens is 192 g/mol. The number of aromatic nitrogens is 3. The summed E-state index contributed by atoms with van der Waals surface area (Å²) in [6.45, 7) is 3.23. The van der Waals surface area contributed by atoms with Crippen molar-refractivity contribution in [2.45, 2.75) is 32.2 Å². The fraction of sp³-hybridized carbons (Fsp3) is 0.778. The van der Waals surface area contributed by atoms with Gasteiger partial charge in [0, 0.05) is 0 Å². The molecule has 0 bridgehead atoms. The molecule has 2 heterocycles. The van der Waals surface area contributed by atoms with Gasteiger partial charge in [-0.25, -0.2) is 4.68 Å². The van der Waals surface area contributed by atoms with E-state index in [1.54, 1.807) is 0 Å². The average molecular weight is 210 g/mol. The number of nitrogen functional groups attached to an aromatic ring is 2. The Bertz CT molecular complexity index is 333. The Hall–Kier alpha value is -1.30. The molecule has 1 aromatic rings. The van der Waals surface area contributed by atoms with Crippen molar-refractivity contribution in [3.05, 3.63) is 5.82 Å². The first-order valence-electron chi connectivity index (χ1n) is 5.41. The van der Waals surface area contributed by atoms with Gasteiger partial charge in [-0.1, -0.05) is 13.3 Å². The molecule has 0 saturated carbocycles. The summed E-state index contributed by atoms with van der Waals surface area (Å²) in [7, 11) is 0. The third kappa shape index (κ3) is 1.90. The monoisotopic (exact) mass is 210 g/mol. The SMILES string of the molecule is CCC1CCNC(c2nnc(N)n2N)C1. The smallest absolute Gasteiger partial charge is 0.240 e. The molecule has 84 valence electrons. The van der Waals surface area contributed by atoms with Crippen molar-refractivity contribution < 1.29 is 0 Å². The second kappa shape index (κ2) is 4.06. The lowest BCUT2D eigenvalue weighted by atomic mass is 9.90. The quantitative estimate of drug-likeness (QED) is 0.598. The fourth-order valence-corrected chi connectivity index (χ4v) is 2.12. The van der Waals surface area contributed by atoms with Crippen molar-refractivity contribution in [2.24, 2.45) is 5.92 Å². The highest BCUT2D eigenvalue weighted by Gasteiger charge is 2.25. The van der Waals surface area contributed by atoms with E-state index in [2.05, 4.69) is 22.4 Å². The molecular formula is C9H18N6. The number of hydrogen-bond donors (Lipinski definition) is 3. The second-order valence-corrected chi connectivity index (χ2v) is 4.09. The van der Waals surface area contributed by atoms with Gasteiger partial charge >= 0.3 is 0 Å². The molecule has 1 aromatic heterocycles. The number of anilines is 1. The third-order valence-electron chi connectivity index (χ3n) is 3.15. The molecule has 6 nitrogen and oxygen atoms in total. The zero-order chi connectivity index (χ0) is 10.8. The van der Waals surface area contributed by atoms with Gasteiger partial charge in [-0.15, -0.1) is 10.2 Å². The first-order chi connectivity index (χ1) is 7.22. The summed E-state index contributed by atoms with van der Waals surface area (Å²) in [5.74, 6) is 7.50. The van der Waals surface area contributed by atoms with Crippen LogP contribution < -0.4 is 16.9 Å². The van der Waals surface area contributed by atoms with Gasteiger partial charge in [-0.3, -0.25) is 0 Å². The van der Waals surface area contributed by atoms with Crippen molar-refractivity contribution in [3.8, 4) is 0 Å². The predicted octanol–water partition coefficient (Wildman–Crippen LogP) is 0.0248. The van der Waals surface area contributed by atoms with Crippen molar-refractivity contribution in [1.29, 1.82) is 0 Å². The van der Waals surface area contributed by atoms with E-state index in [4.69, 9.17) is 11.6 Å². The third-order valence-corrected chi connectivity index (χ3v) is 3.15. The summed E-state index contributed by atoms with van der Waals surface area (Å²) >= 11 is 0. The molecule has 0 amide bonds. The molecule has 2 rings (SSSR count). The minimum Gasteiger partial charge on any atom is -0.366 e. The van der Waals surface area contributed by atoms with Crippen molar-refractivity contribution in [2.75, 3.05) is 18.1 Å². The van der Waals surface area contributed by atoms with Crippen molar-refractivity contribution in [3.63, 3.8) is 0 Å². The highest BCUT2D eigenvalue weighted by molar-refractivity contribution is 5.19. The number of nitrogens with two attached hydrogens (primary N) is 2. The highest BCUT2D eigenvalue weighted by atomic mass is 15.5. The summed E-state index contributed by atoms with van der Waals surface area (Å²) in [5, 5.41) is 11.2. The maximum absolute atomic E-state index is 5.75. The number of rotatable bonds is 2. The molecule has 0 spiro atoms. The Balaban J connectivity index is 2.13. The van der Waals surface area contributed by atoms with Crippen LogP contribution in [0.3, 0.4) is 0 Å². The lowest BCUT2D eigenvalue weighted by Crippen LogP contribution is -2.34. The van der Waals surface area contributed by atoms with Crippen molar-refractivity contribution in [1.82, 2.24) is 20.2 Å². The molecule has 1 fully saturated rings. The Morgan fingerprint density at radius 2 is 2.33 bits per heavy atom. The summed E-state index contributed by atoms with van der Waals surface area (Å²) in [5.41, 5.74) is 5.55. The van der Waals surface area contributed by atoms with Crippen LogP contribution in [0.4, 0.5) is 5.95 Å². The lowest BCUT2D eigenvalue weighted by molar-refractivity contribution is 0.288. The van der Waals surface area contributed by atoms with Crippen LogP contribution in [-0.4, -0.2) is 21.4 Å². The molecule has 2 unspecified atom stereocenters. The van der Waals surface area contributed by atoms with E-state index < -0.39 is 0 Å². The minimum absolute atomic E-state index is 0.193. The maximum atomic E-state index is 5.75. The van der Waals surface area contributed by atoms with Gasteiger partial charge in [0.1, 0.15) is 0 Å². The Morgan fingerprint density at radius 1 is 1.53 bits per heavy atom. The van der Waals surface area contributed by atoms with E-state index in [9.17, 15) is 0 Å². The maximum Gasteiger partial charge on any atom is 0.240 e. The largest absolute Gasteiger partial charge is 0.366 e. The summed E-state index contributed by atoms with van der Waals surface area (Å²) in [6.07, 6.45) is 3.49. The molecule has 15 heavy (non-hydrogen) atoms. The predicted molar refractivity (Wildman–Crippen MR) is 58.3 cm³/mol. The van der Waals surface area contributed by atoms with E-state index in [-0.39, 0.29) is 12.0 Å². The number of nitrogens with one attached hydrogen (secondary N) is 1. The number of piperidine rings is 1. The van der Waals surface area contributed by atoms with Gasteiger partial charge in [-0.05, 0) is 25.3 Å². The van der Waals surface area contributed by atoms with Gasteiger partial charge in [0.05, 0.1) is 6.04 Å². The van der Waals surface area contributed by atoms with Crippen LogP contribution in [-0.2, 0) is 0 Å². The number of nitrogens with zero attached hydrogens (tertiary/aromatic N) is 3. The van der Waals surface area contributed by atoms with Crippen LogP contribution in [0, 0.1) is 5.92 Å². The zero-order valence-corrected chi connectivity index (χ0v) is 8.98. The van der Waals surface area contributed by atoms with E-state index in [1.165, 1.54) is 17.5 Å². The summed E-state index contributed by atoms with van der Waals surface area (Å²) in [6, 6.07) is 0.193. The standard InChI is InChI=1S/C9H18N6/c1-2-6-3-4-12-7(5-6)8-13-14-9(10)15(8)11/h6-7,12H,2-5,11H2,1H3,(H2,10,14). The Kier molecular flexibility index (Phi) is 2.77. The molecule has 0 radical (unpaired) electrons. The van der Waals surface area contributed by atoms with Gasteiger partial charge in [0.15, 0.2) is 5.82 Å². The molecule has 0 aliphatic carbocycles. The van der Waals surface area contributed by atoms with E-state index in [0.717, 1.165) is 24.7 Å². The molecule has 2 atom stereocenters. The first-order valence-corrected chi connectivity index (χ1v) is 5.41. The fourth-order valence-electron chi connectivity index (χ4n) is 2.12. The van der Waals surface area contributed by atoms with Crippen LogP contribution in [0.2, 0.25) is 0 Å². The van der Waals surface area contributed by atoms with Crippen molar-refractivity contribution >= 4 is 5.95 Å².